The van der Waals surface area contributed by atoms with Crippen molar-refractivity contribution in [2.45, 2.75) is 39.5 Å². The quantitative estimate of drug-likeness (QED) is 0.766. The summed E-state index contributed by atoms with van der Waals surface area (Å²) in [5.74, 6) is 1.20. The van der Waals surface area contributed by atoms with Crippen LogP contribution in [0.1, 0.15) is 37.8 Å². The number of Topliss-reactive ketones (excluding diaryl/α,β-unsaturated/α-hetero) is 1. The molecule has 2 bridgehead atoms. The lowest BCUT2D eigenvalue weighted by Crippen LogP contribution is -2.13. The number of carbonyl (C=O) groups excluding carboxylic acids is 1. The Kier molecular flexibility index (Phi) is 6.06. The van der Waals surface area contributed by atoms with E-state index in [0.29, 0.717) is 17.6 Å². The van der Waals surface area contributed by atoms with Crippen molar-refractivity contribution in [2.24, 2.45) is 11.8 Å². The first-order chi connectivity index (χ1) is 8.84. The Labute approximate surface area is 110 Å². The first-order valence-corrected chi connectivity index (χ1v) is 6.90. The van der Waals surface area contributed by atoms with E-state index in [2.05, 4.69) is 24.3 Å². The van der Waals surface area contributed by atoms with E-state index in [-0.39, 0.29) is 0 Å². The molecule has 18 heavy (non-hydrogen) atoms. The minimum absolute atomic E-state index is 0.337. The second kappa shape index (κ2) is 7.32. The van der Waals surface area contributed by atoms with Gasteiger partial charge in [0.1, 0.15) is 5.78 Å². The number of hydrogen-bond donors (Lipinski definition) is 1. The molecule has 0 heterocycles. The largest absolute Gasteiger partial charge is 0.400 e. The van der Waals surface area contributed by atoms with E-state index in [0.717, 1.165) is 32.8 Å². The van der Waals surface area contributed by atoms with Gasteiger partial charge >= 0.3 is 0 Å². The molecule has 0 aromatic heterocycles. The lowest BCUT2D eigenvalue weighted by molar-refractivity contribution is -0.123. The maximum atomic E-state index is 11.9. The van der Waals surface area contributed by atoms with Crippen LogP contribution in [0.15, 0.2) is 24.3 Å². The zero-order valence-corrected chi connectivity index (χ0v) is 11.6. The summed E-state index contributed by atoms with van der Waals surface area (Å²) < 4.78 is 0. The topological polar surface area (TPSA) is 37.3 Å². The summed E-state index contributed by atoms with van der Waals surface area (Å²) >= 11 is 0. The van der Waals surface area contributed by atoms with Gasteiger partial charge in [0.2, 0.25) is 0 Å². The van der Waals surface area contributed by atoms with Crippen LogP contribution >= 0.6 is 0 Å². The molecule has 2 heteroatoms. The first-order valence-electron chi connectivity index (χ1n) is 6.90. The van der Waals surface area contributed by atoms with Crippen molar-refractivity contribution in [3.8, 4) is 0 Å². The summed E-state index contributed by atoms with van der Waals surface area (Å²) in [6.45, 7) is 4.00. The van der Waals surface area contributed by atoms with Crippen LogP contribution in [0.3, 0.4) is 0 Å². The molecule has 1 N–H and O–H groups in total. The van der Waals surface area contributed by atoms with E-state index < -0.39 is 0 Å². The minimum atomic E-state index is 0.337. The number of benzene rings is 1. The van der Waals surface area contributed by atoms with Gasteiger partial charge in [-0.15, -0.1) is 0 Å². The zero-order chi connectivity index (χ0) is 13.5. The average molecular weight is 248 g/mol. The maximum absolute atomic E-state index is 11.9. The molecule has 1 aromatic carbocycles. The molecule has 100 valence electrons. The summed E-state index contributed by atoms with van der Waals surface area (Å²) in [6, 6.07) is 8.54. The summed E-state index contributed by atoms with van der Waals surface area (Å²) in [6.07, 6.45) is 4.23. The molecule has 0 saturated heterocycles. The Morgan fingerprint density at radius 3 is 1.72 bits per heavy atom. The van der Waals surface area contributed by atoms with Crippen molar-refractivity contribution >= 4 is 5.78 Å². The summed E-state index contributed by atoms with van der Waals surface area (Å²) in [7, 11) is 1.00. The smallest absolute Gasteiger partial charge is 0.139 e. The van der Waals surface area contributed by atoms with E-state index in [1.54, 1.807) is 0 Å². The summed E-state index contributed by atoms with van der Waals surface area (Å²) in [5.41, 5.74) is 2.82. The molecule has 1 aromatic rings. The van der Waals surface area contributed by atoms with Crippen LogP contribution in [0.4, 0.5) is 0 Å². The van der Waals surface area contributed by atoms with Crippen molar-refractivity contribution in [3.63, 3.8) is 0 Å². The second-order valence-electron chi connectivity index (χ2n) is 4.55. The molecule has 0 aliphatic heterocycles. The SMILES string of the molecule is CC.CO.O=C1C2CCC1Cc1ccccc1C2. The molecule has 3 rings (SSSR count). The van der Waals surface area contributed by atoms with Gasteiger partial charge in [0.05, 0.1) is 0 Å². The Hall–Kier alpha value is -1.15. The highest BCUT2D eigenvalue weighted by molar-refractivity contribution is 5.86. The highest BCUT2D eigenvalue weighted by Crippen LogP contribution is 2.36. The fraction of sp³-hybridized carbons (Fsp3) is 0.562. The lowest BCUT2D eigenvalue weighted by atomic mass is 9.94. The van der Waals surface area contributed by atoms with Crippen LogP contribution in [0.5, 0.6) is 0 Å². The van der Waals surface area contributed by atoms with Crippen LogP contribution in [0.2, 0.25) is 0 Å². The zero-order valence-electron chi connectivity index (χ0n) is 11.6. The number of carbonyl (C=O) groups is 1. The van der Waals surface area contributed by atoms with Crippen molar-refractivity contribution in [1.29, 1.82) is 0 Å². The van der Waals surface area contributed by atoms with Crippen LogP contribution in [-0.2, 0) is 17.6 Å². The molecule has 0 amide bonds. The molecule has 2 aliphatic rings. The van der Waals surface area contributed by atoms with E-state index in [4.69, 9.17) is 5.11 Å². The molecule has 0 radical (unpaired) electrons. The molecule has 1 fully saturated rings. The van der Waals surface area contributed by atoms with Crippen molar-refractivity contribution < 1.29 is 9.90 Å². The van der Waals surface area contributed by atoms with E-state index >= 15 is 0 Å². The Morgan fingerprint density at radius 2 is 1.33 bits per heavy atom. The predicted octanol–water partition coefficient (Wildman–Crippen LogP) is 3.02. The fourth-order valence-electron chi connectivity index (χ4n) is 2.91. The highest BCUT2D eigenvalue weighted by Gasteiger charge is 2.36. The van der Waals surface area contributed by atoms with Gasteiger partial charge in [-0.05, 0) is 36.8 Å². The molecular weight excluding hydrogens is 224 g/mol. The number of aliphatic hydroxyl groups is 1. The number of ketones is 1. The third-order valence-corrected chi connectivity index (χ3v) is 3.72. The Morgan fingerprint density at radius 1 is 0.944 bits per heavy atom. The van der Waals surface area contributed by atoms with Crippen molar-refractivity contribution in [2.75, 3.05) is 7.11 Å². The molecule has 2 unspecified atom stereocenters. The van der Waals surface area contributed by atoms with Crippen LogP contribution in [0.25, 0.3) is 0 Å². The summed E-state index contributed by atoms with van der Waals surface area (Å²) in [4.78, 5) is 11.9. The first kappa shape index (κ1) is 14.9. The molecule has 2 nitrogen and oxygen atoms in total. The normalized spacial score (nSPS) is 23.9. The number of rotatable bonds is 0. The van der Waals surface area contributed by atoms with Crippen molar-refractivity contribution in [3.05, 3.63) is 35.4 Å². The summed E-state index contributed by atoms with van der Waals surface area (Å²) in [5, 5.41) is 7.00. The van der Waals surface area contributed by atoms with Crippen LogP contribution in [-0.4, -0.2) is 18.0 Å². The molecular formula is C16H24O2. The average Bonchev–Trinajstić information content (AvgIpc) is 2.69. The van der Waals surface area contributed by atoms with Gasteiger partial charge < -0.3 is 5.11 Å². The number of hydrogen-bond acceptors (Lipinski definition) is 2. The van der Waals surface area contributed by atoms with E-state index in [9.17, 15) is 4.79 Å². The fourth-order valence-corrected chi connectivity index (χ4v) is 2.91. The predicted molar refractivity (Wildman–Crippen MR) is 74.6 cm³/mol. The van der Waals surface area contributed by atoms with Crippen LogP contribution in [0, 0.1) is 11.8 Å². The van der Waals surface area contributed by atoms with Gasteiger partial charge in [0, 0.05) is 18.9 Å². The van der Waals surface area contributed by atoms with Gasteiger partial charge in [-0.2, -0.15) is 0 Å². The molecule has 2 atom stereocenters. The second-order valence-corrected chi connectivity index (χ2v) is 4.55. The van der Waals surface area contributed by atoms with Gasteiger partial charge in [-0.3, -0.25) is 4.79 Å². The maximum Gasteiger partial charge on any atom is 0.139 e. The monoisotopic (exact) mass is 248 g/mol. The van der Waals surface area contributed by atoms with Gasteiger partial charge in [0.15, 0.2) is 0 Å². The standard InChI is InChI=1S/C13H14O.C2H6.CH4O/c14-13-11-5-6-12(13)8-10-4-2-1-3-9(10)7-11;2*1-2/h1-4,11-12H,5-8H2;1-2H3;2H,1H3. The van der Waals surface area contributed by atoms with Gasteiger partial charge in [-0.1, -0.05) is 38.1 Å². The highest BCUT2D eigenvalue weighted by atomic mass is 16.2. The Bertz CT molecular complexity index is 349. The molecule has 1 saturated carbocycles. The number of fused-ring (bicyclic) bond motifs is 3. The van der Waals surface area contributed by atoms with Crippen LogP contribution < -0.4 is 0 Å². The van der Waals surface area contributed by atoms with Crippen molar-refractivity contribution in [1.82, 2.24) is 0 Å². The molecule has 2 aliphatic carbocycles. The van der Waals surface area contributed by atoms with E-state index in [1.165, 1.54) is 11.1 Å². The van der Waals surface area contributed by atoms with Gasteiger partial charge in [-0.25, -0.2) is 0 Å². The van der Waals surface area contributed by atoms with Gasteiger partial charge in [0.25, 0.3) is 0 Å². The minimum Gasteiger partial charge on any atom is -0.400 e. The number of aliphatic hydroxyl groups excluding tert-OH is 1. The third-order valence-electron chi connectivity index (χ3n) is 3.72. The molecule has 0 spiro atoms. The third kappa shape index (κ3) is 2.99. The van der Waals surface area contributed by atoms with E-state index in [1.807, 2.05) is 13.8 Å². The Balaban J connectivity index is 0.000000371. The lowest BCUT2D eigenvalue weighted by Gasteiger charge is -2.10.